The number of sulfonamides is 1. The number of rotatable bonds is 6. The molecule has 26 heavy (non-hydrogen) atoms. The molecule has 0 N–H and O–H groups in total. The topological polar surface area (TPSA) is 72.6 Å². The van der Waals surface area contributed by atoms with Crippen LogP contribution in [0.25, 0.3) is 11.1 Å². The number of methoxy groups -OCH3 is 1. The number of hydrogen-bond acceptors (Lipinski definition) is 6. The van der Waals surface area contributed by atoms with E-state index in [0.29, 0.717) is 33.4 Å². The minimum Gasteiger partial charge on any atom is -0.496 e. The van der Waals surface area contributed by atoms with Gasteiger partial charge < -0.3 is 9.15 Å². The molecule has 9 heteroatoms. The lowest BCUT2D eigenvalue weighted by molar-refractivity contribution is 0.410. The summed E-state index contributed by atoms with van der Waals surface area (Å²) in [6.45, 7) is 0. The van der Waals surface area contributed by atoms with Gasteiger partial charge in [0.2, 0.25) is 10.0 Å². The fourth-order valence-corrected chi connectivity index (χ4v) is 4.06. The lowest BCUT2D eigenvalue weighted by atomic mass is 10.2. The number of benzene rings is 2. The van der Waals surface area contributed by atoms with E-state index in [9.17, 15) is 12.8 Å². The summed E-state index contributed by atoms with van der Waals surface area (Å²) in [7, 11) is 0.916. The van der Waals surface area contributed by atoms with Crippen molar-refractivity contribution in [1.29, 1.82) is 0 Å². The van der Waals surface area contributed by atoms with Crippen molar-refractivity contribution in [2.45, 2.75) is 15.9 Å². The van der Waals surface area contributed by atoms with Crippen LogP contribution in [0, 0.1) is 5.82 Å². The molecule has 1 aromatic heterocycles. The molecule has 0 unspecified atom stereocenters. The highest BCUT2D eigenvalue weighted by molar-refractivity contribution is 7.98. The van der Waals surface area contributed by atoms with E-state index < -0.39 is 10.0 Å². The van der Waals surface area contributed by atoms with Crippen LogP contribution in [0.4, 0.5) is 4.39 Å². The lowest BCUT2D eigenvalue weighted by Gasteiger charge is -2.10. The zero-order valence-electron chi connectivity index (χ0n) is 14.4. The van der Waals surface area contributed by atoms with Crippen LogP contribution in [0.15, 0.2) is 50.9 Å². The normalized spacial score (nSPS) is 12.0. The van der Waals surface area contributed by atoms with E-state index in [1.54, 1.807) is 12.1 Å². The van der Waals surface area contributed by atoms with Crippen LogP contribution in [0.3, 0.4) is 0 Å². The summed E-state index contributed by atoms with van der Waals surface area (Å²) in [4.78, 5) is 4.46. The van der Waals surface area contributed by atoms with Gasteiger partial charge in [-0.25, -0.2) is 22.1 Å². The van der Waals surface area contributed by atoms with Crippen LogP contribution in [0.5, 0.6) is 5.75 Å². The van der Waals surface area contributed by atoms with Crippen molar-refractivity contribution in [1.82, 2.24) is 9.29 Å². The van der Waals surface area contributed by atoms with Crippen LogP contribution in [0.1, 0.15) is 5.56 Å². The Morgan fingerprint density at radius 1 is 1.23 bits per heavy atom. The summed E-state index contributed by atoms with van der Waals surface area (Å²) in [6, 6.07) is 8.82. The third kappa shape index (κ3) is 3.69. The second-order valence-electron chi connectivity index (χ2n) is 5.64. The fraction of sp³-hybridized carbons (Fsp3) is 0.235. The highest BCUT2D eigenvalue weighted by Gasteiger charge is 2.19. The minimum atomic E-state index is -3.54. The van der Waals surface area contributed by atoms with Crippen LogP contribution in [-0.2, 0) is 15.8 Å². The highest BCUT2D eigenvalue weighted by Crippen LogP contribution is 2.31. The second kappa shape index (κ2) is 7.26. The number of nitrogens with zero attached hydrogens (tertiary/aromatic N) is 2. The molecule has 3 rings (SSSR count). The van der Waals surface area contributed by atoms with Gasteiger partial charge in [0.1, 0.15) is 17.1 Å². The molecule has 0 saturated carbocycles. The summed E-state index contributed by atoms with van der Waals surface area (Å²) < 4.78 is 49.8. The molecule has 6 nitrogen and oxygen atoms in total. The maximum Gasteiger partial charge on any atom is 0.257 e. The van der Waals surface area contributed by atoms with Gasteiger partial charge in [-0.2, -0.15) is 0 Å². The zero-order chi connectivity index (χ0) is 18.9. The lowest BCUT2D eigenvalue weighted by Crippen LogP contribution is -2.22. The molecule has 2 aromatic carbocycles. The SMILES string of the molecule is COc1ccc(F)cc1CSc1nc2cc(S(=O)(=O)N(C)C)ccc2o1. The van der Waals surface area contributed by atoms with E-state index in [2.05, 4.69) is 4.98 Å². The Labute approximate surface area is 155 Å². The van der Waals surface area contributed by atoms with Gasteiger partial charge >= 0.3 is 0 Å². The molecule has 3 aromatic rings. The van der Waals surface area contributed by atoms with Crippen molar-refractivity contribution < 1.29 is 22.0 Å². The number of ether oxygens (including phenoxy) is 1. The molecule has 0 aliphatic rings. The smallest absolute Gasteiger partial charge is 0.257 e. The first kappa shape index (κ1) is 18.7. The largest absolute Gasteiger partial charge is 0.496 e. The monoisotopic (exact) mass is 396 g/mol. The Morgan fingerprint density at radius 3 is 2.69 bits per heavy atom. The molecule has 0 atom stereocenters. The van der Waals surface area contributed by atoms with Crippen molar-refractivity contribution in [2.24, 2.45) is 0 Å². The average Bonchev–Trinajstić information content (AvgIpc) is 3.02. The predicted molar refractivity (Wildman–Crippen MR) is 97.4 cm³/mol. The van der Waals surface area contributed by atoms with Crippen LogP contribution in [0.2, 0.25) is 0 Å². The maximum absolute atomic E-state index is 13.4. The summed E-state index contributed by atoms with van der Waals surface area (Å²) in [5.74, 6) is 0.628. The Bertz CT molecular complexity index is 1050. The number of thioether (sulfide) groups is 1. The summed E-state index contributed by atoms with van der Waals surface area (Å²) in [5.41, 5.74) is 1.61. The Kier molecular flexibility index (Phi) is 5.22. The van der Waals surface area contributed by atoms with Gasteiger partial charge in [-0.15, -0.1) is 0 Å². The predicted octanol–water partition coefficient (Wildman–Crippen LogP) is 3.52. The van der Waals surface area contributed by atoms with Gasteiger partial charge in [-0.3, -0.25) is 0 Å². The van der Waals surface area contributed by atoms with Gasteiger partial charge in [-0.1, -0.05) is 11.8 Å². The van der Waals surface area contributed by atoms with Crippen molar-refractivity contribution in [3.63, 3.8) is 0 Å². The molecule has 138 valence electrons. The first-order chi connectivity index (χ1) is 12.3. The van der Waals surface area contributed by atoms with E-state index in [0.717, 1.165) is 4.31 Å². The van der Waals surface area contributed by atoms with E-state index >= 15 is 0 Å². The summed E-state index contributed by atoms with van der Waals surface area (Å²) >= 11 is 1.27. The number of aromatic nitrogens is 1. The molecular weight excluding hydrogens is 379 g/mol. The quantitative estimate of drug-likeness (QED) is 0.594. The highest BCUT2D eigenvalue weighted by atomic mass is 32.2. The van der Waals surface area contributed by atoms with E-state index in [-0.39, 0.29) is 10.7 Å². The fourth-order valence-electron chi connectivity index (χ4n) is 2.32. The second-order valence-corrected chi connectivity index (χ2v) is 8.72. The standard InChI is InChI=1S/C17H17FN2O4S2/c1-20(2)26(21,22)13-5-7-16-14(9-13)19-17(24-16)25-10-11-8-12(18)4-6-15(11)23-3/h4-9H,10H2,1-3H3. The van der Waals surface area contributed by atoms with Crippen molar-refractivity contribution in [2.75, 3.05) is 21.2 Å². The van der Waals surface area contributed by atoms with Gasteiger partial charge in [0.05, 0.1) is 12.0 Å². The molecule has 0 amide bonds. The van der Waals surface area contributed by atoms with Gasteiger partial charge in [0.25, 0.3) is 5.22 Å². The Morgan fingerprint density at radius 2 is 2.00 bits per heavy atom. The Hall–Kier alpha value is -2.10. The zero-order valence-corrected chi connectivity index (χ0v) is 16.0. The van der Waals surface area contributed by atoms with Crippen LogP contribution >= 0.6 is 11.8 Å². The third-order valence-electron chi connectivity index (χ3n) is 3.71. The molecule has 0 fully saturated rings. The number of fused-ring (bicyclic) bond motifs is 1. The van der Waals surface area contributed by atoms with Crippen LogP contribution < -0.4 is 4.74 Å². The first-order valence-electron chi connectivity index (χ1n) is 7.59. The molecule has 0 radical (unpaired) electrons. The van der Waals surface area contributed by atoms with Crippen molar-refractivity contribution in [3.8, 4) is 5.75 Å². The van der Waals surface area contributed by atoms with Crippen molar-refractivity contribution in [3.05, 3.63) is 47.8 Å². The van der Waals surface area contributed by atoms with Crippen molar-refractivity contribution >= 4 is 32.9 Å². The summed E-state index contributed by atoms with van der Waals surface area (Å²) in [5, 5.41) is 0.366. The molecule has 1 heterocycles. The van der Waals surface area contributed by atoms with Gasteiger partial charge in [0, 0.05) is 25.4 Å². The minimum absolute atomic E-state index is 0.145. The molecule has 0 saturated heterocycles. The Balaban J connectivity index is 1.85. The molecule has 0 spiro atoms. The molecule has 0 bridgehead atoms. The first-order valence-corrected chi connectivity index (χ1v) is 10.0. The van der Waals surface area contributed by atoms with E-state index in [1.165, 1.54) is 57.2 Å². The molecular formula is C17H17FN2O4S2. The third-order valence-corrected chi connectivity index (χ3v) is 6.40. The van der Waals surface area contributed by atoms with E-state index in [1.807, 2.05) is 0 Å². The number of hydrogen-bond donors (Lipinski definition) is 0. The van der Waals surface area contributed by atoms with Gasteiger partial charge in [-0.05, 0) is 36.4 Å². The summed E-state index contributed by atoms with van der Waals surface area (Å²) in [6.07, 6.45) is 0. The maximum atomic E-state index is 13.4. The number of halogens is 1. The number of oxazole rings is 1. The van der Waals surface area contributed by atoms with Gasteiger partial charge in [0.15, 0.2) is 5.58 Å². The molecule has 0 aliphatic heterocycles. The molecule has 0 aliphatic carbocycles. The average molecular weight is 396 g/mol. The van der Waals surface area contributed by atoms with E-state index in [4.69, 9.17) is 9.15 Å². The van der Waals surface area contributed by atoms with Crippen LogP contribution in [-0.4, -0.2) is 38.9 Å².